The molecule has 0 N–H and O–H groups in total. The fraction of sp³-hybridized carbons (Fsp3) is 0.333. The van der Waals surface area contributed by atoms with E-state index in [9.17, 15) is 30.0 Å². The molecule has 0 atom stereocenters. The van der Waals surface area contributed by atoms with E-state index in [1.54, 1.807) is 61.9 Å². The molecule has 15 heteroatoms. The molecule has 0 fully saturated rings. The average molecular weight is 423 g/mol. The van der Waals surface area contributed by atoms with Gasteiger partial charge in [0.1, 0.15) is 5.52 Å². The monoisotopic (exact) mass is 423 g/mol. The SMILES string of the molecule is CN(C)C(OOn1nnc2ccccc2c1=O)=[N+](C)C.F[P-](F)(F)(F)(F)F. The van der Waals surface area contributed by atoms with Gasteiger partial charge in [0, 0.05) is 4.85 Å². The van der Waals surface area contributed by atoms with Crippen LogP contribution >= 0.6 is 7.81 Å². The van der Waals surface area contributed by atoms with Crippen LogP contribution in [0.25, 0.3) is 10.9 Å². The first-order valence-corrected chi connectivity index (χ1v) is 8.96. The van der Waals surface area contributed by atoms with E-state index in [-0.39, 0.29) is 0 Å². The van der Waals surface area contributed by atoms with Gasteiger partial charge < -0.3 is 0 Å². The van der Waals surface area contributed by atoms with Gasteiger partial charge in [-0.15, -0.1) is 5.10 Å². The van der Waals surface area contributed by atoms with Gasteiger partial charge in [-0.1, -0.05) is 12.1 Å². The number of benzene rings is 1. The summed E-state index contributed by atoms with van der Waals surface area (Å²) >= 11 is 0. The Hall–Kier alpha value is -2.63. The molecule has 0 amide bonds. The van der Waals surface area contributed by atoms with E-state index in [4.69, 9.17) is 9.88 Å². The summed E-state index contributed by atoms with van der Waals surface area (Å²) in [5, 5.41) is 7.94. The Labute approximate surface area is 148 Å². The zero-order valence-electron chi connectivity index (χ0n) is 14.5. The molecule has 0 aliphatic heterocycles. The van der Waals surface area contributed by atoms with Crippen LogP contribution in [0.5, 0.6) is 0 Å². The summed E-state index contributed by atoms with van der Waals surface area (Å²) in [6, 6.07) is 7.28. The summed E-state index contributed by atoms with van der Waals surface area (Å²) in [5.41, 5.74) is 0.0641. The quantitative estimate of drug-likeness (QED) is 0.141. The van der Waals surface area contributed by atoms with Crippen LogP contribution in [0.4, 0.5) is 25.2 Å². The van der Waals surface area contributed by atoms with Crippen LogP contribution in [-0.2, 0) is 4.89 Å². The minimum absolute atomic E-state index is 0.405. The Morgan fingerprint density at radius 1 is 1.11 bits per heavy atom. The normalized spacial score (nSPS) is 13.6. The van der Waals surface area contributed by atoms with Crippen LogP contribution in [0.1, 0.15) is 0 Å². The van der Waals surface area contributed by atoms with E-state index in [1.165, 1.54) is 0 Å². The predicted octanol–water partition coefficient (Wildman–Crippen LogP) is 2.72. The van der Waals surface area contributed by atoms with Crippen molar-refractivity contribution in [3.8, 4) is 0 Å². The Bertz CT molecular complexity index is 898. The standard InChI is InChI=1S/C12H16N5O3.F6P/c1-15(2)12(16(3)4)19-20-17-11(18)9-7-5-6-8-10(9)13-14-17;1-7(2,3,4,5)6/h5-8H,1-4H3;/q+1;-1. The van der Waals surface area contributed by atoms with Gasteiger partial charge in [0.05, 0.1) is 33.6 Å². The van der Waals surface area contributed by atoms with Crippen molar-refractivity contribution in [2.45, 2.75) is 0 Å². The van der Waals surface area contributed by atoms with Crippen molar-refractivity contribution in [2.75, 3.05) is 28.2 Å². The number of halogens is 6. The fourth-order valence-corrected chi connectivity index (χ4v) is 1.64. The molecule has 0 aliphatic rings. The molecule has 1 heterocycles. The summed E-state index contributed by atoms with van der Waals surface area (Å²) < 4.78 is 60.9. The first kappa shape index (κ1) is 22.4. The second-order valence-electron chi connectivity index (χ2n) is 5.47. The zero-order valence-corrected chi connectivity index (χ0v) is 15.4. The second-order valence-corrected chi connectivity index (χ2v) is 7.39. The molecule has 27 heavy (non-hydrogen) atoms. The van der Waals surface area contributed by atoms with Crippen molar-refractivity contribution in [3.63, 3.8) is 0 Å². The fourth-order valence-electron chi connectivity index (χ4n) is 1.64. The maximum absolute atomic E-state index is 12.1. The molecular weight excluding hydrogens is 407 g/mol. The van der Waals surface area contributed by atoms with Crippen molar-refractivity contribution in [1.29, 1.82) is 0 Å². The van der Waals surface area contributed by atoms with E-state index in [1.807, 2.05) is 0 Å². The third kappa shape index (κ3) is 9.03. The van der Waals surface area contributed by atoms with Crippen LogP contribution < -0.4 is 10.5 Å². The summed E-state index contributed by atoms with van der Waals surface area (Å²) in [6.45, 7) is 0. The van der Waals surface area contributed by atoms with Crippen molar-refractivity contribution in [3.05, 3.63) is 34.6 Å². The molecule has 2 aromatic rings. The van der Waals surface area contributed by atoms with Crippen LogP contribution in [0.3, 0.4) is 0 Å². The first-order chi connectivity index (χ1) is 12.0. The number of amidine groups is 1. The molecule has 0 radical (unpaired) electrons. The molecule has 0 aliphatic carbocycles. The molecule has 8 nitrogen and oxygen atoms in total. The number of aromatic nitrogens is 3. The average Bonchev–Trinajstić information content (AvgIpc) is 2.46. The van der Waals surface area contributed by atoms with Crippen molar-refractivity contribution < 1.29 is 39.6 Å². The van der Waals surface area contributed by atoms with E-state index >= 15 is 0 Å². The minimum atomic E-state index is -10.7. The van der Waals surface area contributed by atoms with Crippen molar-refractivity contribution >= 4 is 24.7 Å². The Morgan fingerprint density at radius 2 is 1.63 bits per heavy atom. The molecule has 0 saturated heterocycles. The van der Waals surface area contributed by atoms with Gasteiger partial charge in [-0.25, -0.2) is 9.48 Å². The van der Waals surface area contributed by atoms with Gasteiger partial charge in [-0.2, -0.15) is 9.88 Å². The van der Waals surface area contributed by atoms with E-state index < -0.39 is 13.4 Å². The third-order valence-corrected chi connectivity index (χ3v) is 2.49. The van der Waals surface area contributed by atoms with Crippen LogP contribution in [0, 0.1) is 0 Å². The Morgan fingerprint density at radius 3 is 2.11 bits per heavy atom. The second kappa shape index (κ2) is 6.83. The van der Waals surface area contributed by atoms with E-state index in [2.05, 4.69) is 10.3 Å². The predicted molar refractivity (Wildman–Crippen MR) is 85.8 cm³/mol. The zero-order chi connectivity index (χ0) is 21.1. The molecule has 154 valence electrons. The summed E-state index contributed by atoms with van der Waals surface area (Å²) in [6.07, 6.45) is 0. The van der Waals surface area contributed by atoms with Crippen LogP contribution in [-0.4, -0.2) is 58.8 Å². The van der Waals surface area contributed by atoms with Crippen LogP contribution in [0.2, 0.25) is 0 Å². The van der Waals surface area contributed by atoms with Crippen LogP contribution in [0.15, 0.2) is 29.1 Å². The Balaban J connectivity index is 0.000000445. The molecule has 0 unspecified atom stereocenters. The first-order valence-electron chi connectivity index (χ1n) is 6.93. The molecule has 0 saturated carbocycles. The number of fused-ring (bicyclic) bond motifs is 1. The summed E-state index contributed by atoms with van der Waals surface area (Å²) in [4.78, 5) is 24.5. The number of rotatable bonds is 2. The molecule has 2 rings (SSSR count). The summed E-state index contributed by atoms with van der Waals surface area (Å²) in [7, 11) is -3.52. The molecule has 1 aromatic heterocycles. The van der Waals surface area contributed by atoms with Gasteiger partial charge in [0.25, 0.3) is 0 Å². The third-order valence-electron chi connectivity index (χ3n) is 2.49. The number of hydrogen-bond donors (Lipinski definition) is 0. The summed E-state index contributed by atoms with van der Waals surface area (Å²) in [5.74, 6) is 0. The van der Waals surface area contributed by atoms with Gasteiger partial charge in [-0.3, -0.25) is 4.79 Å². The topological polar surface area (TPSA) is 72.5 Å². The van der Waals surface area contributed by atoms with E-state index in [0.717, 1.165) is 0 Å². The Kier molecular flexibility index (Phi) is 5.67. The van der Waals surface area contributed by atoms with Crippen molar-refractivity contribution in [2.24, 2.45) is 0 Å². The van der Waals surface area contributed by atoms with Gasteiger partial charge in [0.2, 0.25) is 0 Å². The van der Waals surface area contributed by atoms with E-state index in [0.29, 0.717) is 21.8 Å². The van der Waals surface area contributed by atoms with Gasteiger partial charge in [-0.05, 0) is 17.3 Å². The molecule has 0 spiro atoms. The molecule has 0 bridgehead atoms. The van der Waals surface area contributed by atoms with Gasteiger partial charge in [0.15, 0.2) is 0 Å². The number of nitrogens with zero attached hydrogens (tertiary/aromatic N) is 5. The molecular formula is C12H16F6N5O3P. The van der Waals surface area contributed by atoms with Crippen molar-refractivity contribution in [1.82, 2.24) is 20.1 Å². The number of hydrogen-bond acceptors (Lipinski definition) is 5. The van der Waals surface area contributed by atoms with Gasteiger partial charge >= 0.3 is 44.6 Å². The molecule has 1 aromatic carbocycles. The maximum atomic E-state index is 12.1.